The van der Waals surface area contributed by atoms with Gasteiger partial charge in [-0.2, -0.15) is 0 Å². The lowest BCUT2D eigenvalue weighted by Gasteiger charge is -2.02. The first kappa shape index (κ1) is 8.32. The maximum atomic E-state index is 10.1. The largest absolute Gasteiger partial charge is 0.408 e. The summed E-state index contributed by atoms with van der Waals surface area (Å²) in [7, 11) is 2.61. The van der Waals surface area contributed by atoms with Gasteiger partial charge >= 0.3 is 0 Å². The van der Waals surface area contributed by atoms with Crippen LogP contribution in [0.5, 0.6) is 0 Å². The molecule has 5 heteroatoms. The van der Waals surface area contributed by atoms with E-state index in [0.29, 0.717) is 6.29 Å². The lowest BCUT2D eigenvalue weighted by Crippen LogP contribution is -2.22. The summed E-state index contributed by atoms with van der Waals surface area (Å²) in [6, 6.07) is 0. The quantitative estimate of drug-likeness (QED) is 0.387. The smallest absolute Gasteiger partial charge is 0.247 e. The molecular formula is C4H6NO3Si. The number of aldehydes is 1. The van der Waals surface area contributed by atoms with Gasteiger partial charge in [0.2, 0.25) is 16.4 Å². The fourth-order valence-corrected chi connectivity index (χ4v) is 0.455. The predicted molar refractivity (Wildman–Crippen MR) is 30.5 cm³/mol. The molecule has 0 aromatic rings. The topological polar surface area (TPSA) is 69.4 Å². The molecule has 0 aliphatic heterocycles. The number of amides is 1. The third-order valence-corrected chi connectivity index (χ3v) is 1.01. The Morgan fingerprint density at radius 2 is 2.44 bits per heavy atom. The van der Waals surface area contributed by atoms with Gasteiger partial charge in [0, 0.05) is 0 Å². The van der Waals surface area contributed by atoms with E-state index in [1.807, 2.05) is 0 Å². The average molecular weight is 144 g/mol. The zero-order chi connectivity index (χ0) is 7.28. The second-order valence-electron chi connectivity index (χ2n) is 1.46. The molecule has 2 N–H and O–H groups in total. The summed E-state index contributed by atoms with van der Waals surface area (Å²) in [5, 5.41) is 0. The number of carbonyl (C=O) groups is 2. The lowest BCUT2D eigenvalue weighted by atomic mass is 10.3. The van der Waals surface area contributed by atoms with Crippen molar-refractivity contribution in [3.8, 4) is 0 Å². The van der Waals surface area contributed by atoms with Crippen LogP contribution in [0.2, 0.25) is 0 Å². The van der Waals surface area contributed by atoms with E-state index in [0.717, 1.165) is 0 Å². The van der Waals surface area contributed by atoms with Gasteiger partial charge < -0.3 is 15.0 Å². The van der Waals surface area contributed by atoms with Gasteiger partial charge in [-0.05, 0) is 0 Å². The Morgan fingerprint density at radius 3 is 2.56 bits per heavy atom. The Balaban J connectivity index is 3.55. The highest BCUT2D eigenvalue weighted by atomic mass is 28.2. The van der Waals surface area contributed by atoms with Gasteiger partial charge in [-0.15, -0.1) is 0 Å². The molecule has 0 rings (SSSR count). The molecule has 3 radical (unpaired) electrons. The highest BCUT2D eigenvalue weighted by Crippen LogP contribution is 1.89. The Morgan fingerprint density at radius 1 is 1.89 bits per heavy atom. The monoisotopic (exact) mass is 144 g/mol. The first-order chi connectivity index (χ1) is 4.20. The highest BCUT2D eigenvalue weighted by molar-refractivity contribution is 5.99. The van der Waals surface area contributed by atoms with Crippen molar-refractivity contribution in [3.63, 3.8) is 0 Å². The Labute approximate surface area is 55.9 Å². The van der Waals surface area contributed by atoms with Gasteiger partial charge in [0.05, 0.1) is 6.42 Å². The molecule has 0 aliphatic rings. The number of primary amides is 1. The molecule has 1 atom stereocenters. The molecule has 0 heterocycles. The standard InChI is InChI=1S/C4H6NO3Si/c5-4(7)1-3(2-6)8-9/h2-3H,1H2,(H2,5,7). The third-order valence-electron chi connectivity index (χ3n) is 0.706. The molecular weight excluding hydrogens is 138 g/mol. The molecule has 0 aliphatic carbocycles. The number of hydrogen-bond donors (Lipinski definition) is 1. The van der Waals surface area contributed by atoms with Crippen LogP contribution in [0.4, 0.5) is 0 Å². The summed E-state index contributed by atoms with van der Waals surface area (Å²) in [6.45, 7) is 0. The minimum absolute atomic E-state index is 0.0903. The van der Waals surface area contributed by atoms with E-state index in [-0.39, 0.29) is 6.42 Å². The molecule has 1 unspecified atom stereocenters. The van der Waals surface area contributed by atoms with Crippen molar-refractivity contribution in [2.45, 2.75) is 12.5 Å². The van der Waals surface area contributed by atoms with Crippen LogP contribution in [0.3, 0.4) is 0 Å². The molecule has 0 spiro atoms. The summed E-state index contributed by atoms with van der Waals surface area (Å²) in [5.41, 5.74) is 4.75. The zero-order valence-corrected chi connectivity index (χ0v) is 5.66. The normalized spacial score (nSPS) is 12.6. The molecule has 0 fully saturated rings. The zero-order valence-electron chi connectivity index (χ0n) is 4.66. The first-order valence-electron chi connectivity index (χ1n) is 2.26. The van der Waals surface area contributed by atoms with E-state index in [9.17, 15) is 9.59 Å². The average Bonchev–Trinajstić information content (AvgIpc) is 1.82. The number of carbonyl (C=O) groups excluding carboxylic acids is 2. The molecule has 49 valence electrons. The lowest BCUT2D eigenvalue weighted by molar-refractivity contribution is -0.123. The van der Waals surface area contributed by atoms with Gasteiger partial charge in [0.25, 0.3) is 0 Å². The van der Waals surface area contributed by atoms with E-state index < -0.39 is 12.0 Å². The van der Waals surface area contributed by atoms with Crippen LogP contribution in [-0.4, -0.2) is 28.8 Å². The highest BCUT2D eigenvalue weighted by Gasteiger charge is 2.07. The first-order valence-corrected chi connectivity index (χ1v) is 2.67. The molecule has 1 amide bonds. The van der Waals surface area contributed by atoms with Crippen LogP contribution < -0.4 is 5.73 Å². The van der Waals surface area contributed by atoms with E-state index in [1.165, 1.54) is 0 Å². The predicted octanol–water partition coefficient (Wildman–Crippen LogP) is -1.47. The SMILES string of the molecule is NC(=O)CC(C=O)O[Si]. The Kier molecular flexibility index (Phi) is 3.90. The number of hydrogen-bond acceptors (Lipinski definition) is 3. The van der Waals surface area contributed by atoms with Gasteiger partial charge in [-0.25, -0.2) is 0 Å². The van der Waals surface area contributed by atoms with E-state index in [4.69, 9.17) is 5.73 Å². The van der Waals surface area contributed by atoms with Crippen molar-refractivity contribution in [1.82, 2.24) is 0 Å². The van der Waals surface area contributed by atoms with Crippen LogP contribution in [0.25, 0.3) is 0 Å². The summed E-state index contributed by atoms with van der Waals surface area (Å²) in [5.74, 6) is -0.564. The van der Waals surface area contributed by atoms with Crippen molar-refractivity contribution >= 4 is 22.7 Å². The number of nitrogens with two attached hydrogens (primary N) is 1. The minimum Gasteiger partial charge on any atom is -0.408 e. The van der Waals surface area contributed by atoms with Crippen molar-refractivity contribution in [3.05, 3.63) is 0 Å². The van der Waals surface area contributed by atoms with Crippen LogP contribution in [0.1, 0.15) is 6.42 Å². The van der Waals surface area contributed by atoms with Crippen molar-refractivity contribution in [2.75, 3.05) is 0 Å². The molecule has 0 bridgehead atoms. The van der Waals surface area contributed by atoms with Gasteiger partial charge in [0.15, 0.2) is 0 Å². The maximum Gasteiger partial charge on any atom is 0.247 e. The minimum atomic E-state index is -0.765. The fourth-order valence-electron chi connectivity index (χ4n) is 0.316. The molecule has 0 saturated carbocycles. The molecule has 4 nitrogen and oxygen atoms in total. The summed E-state index contributed by atoms with van der Waals surface area (Å²) in [4.78, 5) is 20.0. The summed E-state index contributed by atoms with van der Waals surface area (Å²) >= 11 is 0. The number of rotatable bonds is 4. The van der Waals surface area contributed by atoms with Crippen molar-refractivity contribution in [2.24, 2.45) is 5.73 Å². The summed E-state index contributed by atoms with van der Waals surface area (Å²) < 4.78 is 4.35. The van der Waals surface area contributed by atoms with Crippen molar-refractivity contribution < 1.29 is 14.0 Å². The molecule has 0 saturated heterocycles. The van der Waals surface area contributed by atoms with Crippen LogP contribution in [0.15, 0.2) is 0 Å². The Hall–Kier alpha value is -0.683. The fraction of sp³-hybridized carbons (Fsp3) is 0.500. The Bertz CT molecular complexity index is 116. The van der Waals surface area contributed by atoms with Gasteiger partial charge in [-0.1, -0.05) is 0 Å². The van der Waals surface area contributed by atoms with Crippen LogP contribution >= 0.6 is 0 Å². The van der Waals surface area contributed by atoms with Crippen LogP contribution in [-0.2, 0) is 14.0 Å². The van der Waals surface area contributed by atoms with Gasteiger partial charge in [-0.3, -0.25) is 4.79 Å². The molecule has 0 aromatic carbocycles. The third kappa shape index (κ3) is 3.86. The van der Waals surface area contributed by atoms with E-state index in [1.54, 1.807) is 0 Å². The van der Waals surface area contributed by atoms with Crippen molar-refractivity contribution in [1.29, 1.82) is 0 Å². The molecule has 0 aromatic heterocycles. The second kappa shape index (κ2) is 4.22. The maximum absolute atomic E-state index is 10.1. The van der Waals surface area contributed by atoms with E-state index in [2.05, 4.69) is 14.9 Å². The second-order valence-corrected chi connectivity index (χ2v) is 1.70. The summed E-state index contributed by atoms with van der Waals surface area (Å²) in [6.07, 6.45) is -0.357. The van der Waals surface area contributed by atoms with Gasteiger partial charge in [0.1, 0.15) is 12.4 Å². The van der Waals surface area contributed by atoms with E-state index >= 15 is 0 Å². The van der Waals surface area contributed by atoms with Crippen LogP contribution in [0, 0.1) is 0 Å². The molecule has 9 heavy (non-hydrogen) atoms.